The summed E-state index contributed by atoms with van der Waals surface area (Å²) >= 11 is 0. The van der Waals surface area contributed by atoms with Gasteiger partial charge in [0.2, 0.25) is 0 Å². The van der Waals surface area contributed by atoms with Gasteiger partial charge < -0.3 is 14.8 Å². The lowest BCUT2D eigenvalue weighted by Gasteiger charge is -2.38. The molecule has 0 spiro atoms. The molecule has 6 heteroatoms. The highest BCUT2D eigenvalue weighted by atomic mass is 16.5. The van der Waals surface area contributed by atoms with Crippen molar-refractivity contribution in [3.8, 4) is 0 Å². The Kier molecular flexibility index (Phi) is 6.09. The number of Topliss-reactive ketones (excluding diaryl/α,β-unsaturated/α-hetero) is 1. The lowest BCUT2D eigenvalue weighted by atomic mass is 9.73. The second kappa shape index (κ2) is 9.12. The molecule has 0 saturated carbocycles. The van der Waals surface area contributed by atoms with Crippen molar-refractivity contribution in [1.82, 2.24) is 0 Å². The number of anilines is 1. The van der Waals surface area contributed by atoms with Gasteiger partial charge >= 0.3 is 11.9 Å². The highest BCUT2D eigenvalue weighted by Crippen LogP contribution is 2.53. The number of ether oxygens (including phenoxy) is 2. The van der Waals surface area contributed by atoms with Gasteiger partial charge in [-0.1, -0.05) is 78.9 Å². The van der Waals surface area contributed by atoms with Crippen molar-refractivity contribution < 1.29 is 23.9 Å². The number of benzene rings is 3. The zero-order chi connectivity index (χ0) is 23.4. The van der Waals surface area contributed by atoms with Crippen LogP contribution in [0.1, 0.15) is 11.1 Å². The van der Waals surface area contributed by atoms with Crippen LogP contribution in [0.3, 0.4) is 0 Å². The molecule has 3 aromatic rings. The molecule has 6 nitrogen and oxygen atoms in total. The number of ketones is 1. The Morgan fingerprint density at radius 2 is 1.33 bits per heavy atom. The van der Waals surface area contributed by atoms with E-state index < -0.39 is 29.2 Å². The number of para-hydroxylation sites is 1. The molecule has 33 heavy (non-hydrogen) atoms. The maximum absolute atomic E-state index is 13.8. The van der Waals surface area contributed by atoms with Crippen LogP contribution in [-0.4, -0.2) is 31.9 Å². The van der Waals surface area contributed by atoms with Gasteiger partial charge in [0.05, 0.1) is 14.2 Å². The quantitative estimate of drug-likeness (QED) is 0.354. The van der Waals surface area contributed by atoms with Crippen molar-refractivity contribution in [3.05, 3.63) is 108 Å². The van der Waals surface area contributed by atoms with Gasteiger partial charge in [0.1, 0.15) is 11.1 Å². The van der Waals surface area contributed by atoms with Crippen molar-refractivity contribution in [2.45, 2.75) is 5.54 Å². The number of rotatable bonds is 6. The number of hydrogen-bond acceptors (Lipinski definition) is 6. The number of esters is 2. The zero-order valence-electron chi connectivity index (χ0n) is 18.3. The van der Waals surface area contributed by atoms with E-state index in [1.54, 1.807) is 12.1 Å². The molecule has 0 saturated heterocycles. The van der Waals surface area contributed by atoms with Gasteiger partial charge in [0.25, 0.3) is 0 Å². The average molecular weight is 441 g/mol. The molecule has 2 unspecified atom stereocenters. The Hall–Kier alpha value is -4.19. The third kappa shape index (κ3) is 3.69. The van der Waals surface area contributed by atoms with E-state index in [9.17, 15) is 14.4 Å². The van der Waals surface area contributed by atoms with Crippen LogP contribution >= 0.6 is 0 Å². The summed E-state index contributed by atoms with van der Waals surface area (Å²) in [5, 5.41) is 3.44. The fraction of sp³-hybridized carbons (Fsp3) is 0.148. The highest BCUT2D eigenvalue weighted by Gasteiger charge is 2.61. The third-order valence-corrected chi connectivity index (χ3v) is 5.82. The predicted octanol–water partition coefficient (Wildman–Crippen LogP) is 3.99. The van der Waals surface area contributed by atoms with E-state index in [0.717, 1.165) is 0 Å². The van der Waals surface area contributed by atoms with Gasteiger partial charge in [-0.25, -0.2) is 4.79 Å². The standard InChI is InChI=1S/C27H23NO5/c1-32-25(30)21-22(18-12-6-3-7-13-18)27(19-14-8-4-9-15-19,23(24(21)29)26(31)33-2)28-20-16-10-5-11-17-20/h3-17,23,28H,1-2H3. The number of methoxy groups -OCH3 is 2. The highest BCUT2D eigenvalue weighted by molar-refractivity contribution is 6.32. The predicted molar refractivity (Wildman–Crippen MR) is 124 cm³/mol. The topological polar surface area (TPSA) is 81.7 Å². The molecule has 0 heterocycles. The van der Waals surface area contributed by atoms with Gasteiger partial charge in [0, 0.05) is 11.3 Å². The van der Waals surface area contributed by atoms with E-state index >= 15 is 0 Å². The summed E-state index contributed by atoms with van der Waals surface area (Å²) in [6, 6.07) is 27.4. The maximum atomic E-state index is 13.8. The molecular formula is C27H23NO5. The summed E-state index contributed by atoms with van der Waals surface area (Å²) < 4.78 is 10.1. The lowest BCUT2D eigenvalue weighted by molar-refractivity contribution is -0.150. The maximum Gasteiger partial charge on any atom is 0.341 e. The van der Waals surface area contributed by atoms with E-state index in [2.05, 4.69) is 5.32 Å². The molecule has 0 aromatic heterocycles. The van der Waals surface area contributed by atoms with Crippen LogP contribution in [0.2, 0.25) is 0 Å². The van der Waals surface area contributed by atoms with Gasteiger partial charge in [0.15, 0.2) is 11.7 Å². The molecule has 0 aliphatic heterocycles. The Morgan fingerprint density at radius 3 is 1.88 bits per heavy atom. The zero-order valence-corrected chi connectivity index (χ0v) is 18.3. The molecule has 1 N–H and O–H groups in total. The van der Waals surface area contributed by atoms with Crippen molar-refractivity contribution in [2.75, 3.05) is 19.5 Å². The first kappa shape index (κ1) is 22.0. The average Bonchev–Trinajstić information content (AvgIpc) is 3.13. The van der Waals surface area contributed by atoms with Gasteiger partial charge in [-0.05, 0) is 23.3 Å². The molecule has 3 aromatic carbocycles. The van der Waals surface area contributed by atoms with Crippen LogP contribution in [0.15, 0.2) is 96.6 Å². The Labute approximate surface area is 191 Å². The minimum Gasteiger partial charge on any atom is -0.468 e. The Balaban J connectivity index is 2.13. The van der Waals surface area contributed by atoms with E-state index in [1.807, 2.05) is 78.9 Å². The van der Waals surface area contributed by atoms with Crippen LogP contribution in [-0.2, 0) is 29.4 Å². The molecule has 0 bridgehead atoms. The second-order valence-corrected chi connectivity index (χ2v) is 7.59. The van der Waals surface area contributed by atoms with Crippen LogP contribution in [0.4, 0.5) is 5.69 Å². The summed E-state index contributed by atoms with van der Waals surface area (Å²) in [6.07, 6.45) is 0. The van der Waals surface area contributed by atoms with E-state index in [4.69, 9.17) is 9.47 Å². The third-order valence-electron chi connectivity index (χ3n) is 5.82. The molecule has 2 atom stereocenters. The summed E-state index contributed by atoms with van der Waals surface area (Å²) in [5.74, 6) is -3.56. The minimum atomic E-state index is -1.42. The van der Waals surface area contributed by atoms with Crippen LogP contribution < -0.4 is 5.32 Å². The van der Waals surface area contributed by atoms with Crippen LogP contribution in [0.25, 0.3) is 5.57 Å². The van der Waals surface area contributed by atoms with E-state index in [0.29, 0.717) is 22.4 Å². The number of nitrogens with one attached hydrogen (secondary N) is 1. The van der Waals surface area contributed by atoms with Gasteiger partial charge in [-0.15, -0.1) is 0 Å². The summed E-state index contributed by atoms with van der Waals surface area (Å²) in [4.78, 5) is 39.9. The van der Waals surface area contributed by atoms with Crippen molar-refractivity contribution >= 4 is 29.0 Å². The number of carbonyl (C=O) groups is 3. The SMILES string of the molecule is COC(=O)C1=C(c2ccccc2)C(Nc2ccccc2)(c2ccccc2)C(C(=O)OC)C1=O. The van der Waals surface area contributed by atoms with Gasteiger partial charge in [-0.3, -0.25) is 9.59 Å². The first-order chi connectivity index (χ1) is 16.0. The largest absolute Gasteiger partial charge is 0.468 e. The molecular weight excluding hydrogens is 418 g/mol. The van der Waals surface area contributed by atoms with E-state index in [1.165, 1.54) is 14.2 Å². The summed E-state index contributed by atoms with van der Waals surface area (Å²) in [5.41, 5.74) is 0.692. The second-order valence-electron chi connectivity index (χ2n) is 7.59. The number of hydrogen-bond donors (Lipinski definition) is 1. The Morgan fingerprint density at radius 1 is 0.788 bits per heavy atom. The molecule has 0 amide bonds. The molecule has 4 rings (SSSR count). The molecule has 1 aliphatic rings. The van der Waals surface area contributed by atoms with Crippen molar-refractivity contribution in [1.29, 1.82) is 0 Å². The summed E-state index contributed by atoms with van der Waals surface area (Å²) in [6.45, 7) is 0. The van der Waals surface area contributed by atoms with Crippen molar-refractivity contribution in [3.63, 3.8) is 0 Å². The molecule has 166 valence electrons. The molecule has 0 fully saturated rings. The fourth-order valence-corrected chi connectivity index (χ4v) is 4.46. The Bertz CT molecular complexity index is 1210. The van der Waals surface area contributed by atoms with Gasteiger partial charge in [-0.2, -0.15) is 0 Å². The first-order valence-corrected chi connectivity index (χ1v) is 10.4. The first-order valence-electron chi connectivity index (χ1n) is 10.4. The fourth-order valence-electron chi connectivity index (χ4n) is 4.46. The van der Waals surface area contributed by atoms with Crippen molar-refractivity contribution in [2.24, 2.45) is 5.92 Å². The van der Waals surface area contributed by atoms with Crippen LogP contribution in [0, 0.1) is 5.92 Å². The number of carbonyl (C=O) groups excluding carboxylic acids is 3. The van der Waals surface area contributed by atoms with E-state index in [-0.39, 0.29) is 5.57 Å². The molecule has 1 aliphatic carbocycles. The summed E-state index contributed by atoms with van der Waals surface area (Å²) in [7, 11) is 2.44. The lowest BCUT2D eigenvalue weighted by Crippen LogP contribution is -2.47. The van der Waals surface area contributed by atoms with Crippen LogP contribution in [0.5, 0.6) is 0 Å². The molecule has 0 radical (unpaired) electrons. The minimum absolute atomic E-state index is 0.175. The smallest absolute Gasteiger partial charge is 0.341 e. The monoisotopic (exact) mass is 441 g/mol. The normalized spacial score (nSPS) is 19.8.